The van der Waals surface area contributed by atoms with Gasteiger partial charge in [0.15, 0.2) is 0 Å². The highest BCUT2D eigenvalue weighted by Crippen LogP contribution is 2.31. The lowest BCUT2D eigenvalue weighted by Gasteiger charge is -2.15. The van der Waals surface area contributed by atoms with Gasteiger partial charge < -0.3 is 20.9 Å². The second-order valence-corrected chi connectivity index (χ2v) is 5.34. The summed E-state index contributed by atoms with van der Waals surface area (Å²) in [6, 6.07) is 6.54. The zero-order valence-electron chi connectivity index (χ0n) is 11.9. The summed E-state index contributed by atoms with van der Waals surface area (Å²) in [7, 11) is 0. The number of nitrogens with two attached hydrogens (primary N) is 1. The van der Waals surface area contributed by atoms with E-state index in [1.807, 2.05) is 26.0 Å². The number of nitrogens with zero attached hydrogens (tertiary/aromatic N) is 1. The first-order chi connectivity index (χ1) is 9.65. The highest BCUT2D eigenvalue weighted by Gasteiger charge is 2.16. The predicted octanol–water partition coefficient (Wildman–Crippen LogP) is 2.31. The van der Waals surface area contributed by atoms with Crippen LogP contribution in [0.4, 0.5) is 11.4 Å². The standard InChI is InChI=1S/C15H20N4O/c1-9-15(10(2)20-19-9)11-3-4-14(13(16)7-11)18-12-5-6-17-8-12/h3-4,7,12,17-18H,5-6,8,16H2,1-2H3. The molecule has 1 aliphatic rings. The van der Waals surface area contributed by atoms with Gasteiger partial charge in [0.2, 0.25) is 0 Å². The van der Waals surface area contributed by atoms with Crippen molar-refractivity contribution < 1.29 is 4.52 Å². The normalized spacial score (nSPS) is 18.4. The average Bonchev–Trinajstić information content (AvgIpc) is 3.03. The molecule has 3 rings (SSSR count). The highest BCUT2D eigenvalue weighted by molar-refractivity contribution is 5.77. The van der Waals surface area contributed by atoms with Crippen molar-refractivity contribution in [3.63, 3.8) is 0 Å². The Balaban J connectivity index is 1.87. The van der Waals surface area contributed by atoms with Crippen molar-refractivity contribution in [2.75, 3.05) is 24.1 Å². The van der Waals surface area contributed by atoms with Gasteiger partial charge in [-0.1, -0.05) is 11.2 Å². The molecule has 1 fully saturated rings. The fourth-order valence-corrected chi connectivity index (χ4v) is 2.74. The maximum atomic E-state index is 6.17. The van der Waals surface area contributed by atoms with Crippen LogP contribution in [0.3, 0.4) is 0 Å². The lowest BCUT2D eigenvalue weighted by molar-refractivity contribution is 0.393. The Hall–Kier alpha value is -2.01. The van der Waals surface area contributed by atoms with Crippen molar-refractivity contribution >= 4 is 11.4 Å². The molecular formula is C15H20N4O. The van der Waals surface area contributed by atoms with E-state index in [1.54, 1.807) is 0 Å². The molecule has 1 aromatic carbocycles. The van der Waals surface area contributed by atoms with Crippen LogP contribution in [0.5, 0.6) is 0 Å². The smallest absolute Gasteiger partial charge is 0.141 e. The van der Waals surface area contributed by atoms with Crippen LogP contribution in [0, 0.1) is 13.8 Å². The largest absolute Gasteiger partial charge is 0.397 e. The third-order valence-corrected chi connectivity index (χ3v) is 3.79. The van der Waals surface area contributed by atoms with Gasteiger partial charge in [-0.2, -0.15) is 0 Å². The molecule has 5 heteroatoms. The summed E-state index contributed by atoms with van der Waals surface area (Å²) in [5.41, 5.74) is 10.9. The fraction of sp³-hybridized carbons (Fsp3) is 0.400. The van der Waals surface area contributed by atoms with Crippen LogP contribution in [0.15, 0.2) is 22.7 Å². The molecule has 1 aliphatic heterocycles. The Morgan fingerprint density at radius 1 is 1.40 bits per heavy atom. The second-order valence-electron chi connectivity index (χ2n) is 5.34. The first-order valence-corrected chi connectivity index (χ1v) is 6.95. The molecule has 1 atom stereocenters. The van der Waals surface area contributed by atoms with Gasteiger partial charge in [0, 0.05) is 18.2 Å². The molecule has 1 saturated heterocycles. The average molecular weight is 272 g/mol. The van der Waals surface area contributed by atoms with Gasteiger partial charge >= 0.3 is 0 Å². The zero-order valence-corrected chi connectivity index (χ0v) is 11.9. The molecule has 4 N–H and O–H groups in total. The Morgan fingerprint density at radius 2 is 2.25 bits per heavy atom. The topological polar surface area (TPSA) is 76.1 Å². The minimum absolute atomic E-state index is 0.460. The summed E-state index contributed by atoms with van der Waals surface area (Å²) in [6.45, 7) is 5.92. The van der Waals surface area contributed by atoms with E-state index in [-0.39, 0.29) is 0 Å². The zero-order chi connectivity index (χ0) is 14.1. The number of rotatable bonds is 3. The molecule has 0 saturated carbocycles. The van der Waals surface area contributed by atoms with Crippen LogP contribution in [-0.4, -0.2) is 24.3 Å². The van der Waals surface area contributed by atoms with Gasteiger partial charge in [0.05, 0.1) is 17.1 Å². The van der Waals surface area contributed by atoms with Gasteiger partial charge in [-0.15, -0.1) is 0 Å². The van der Waals surface area contributed by atoms with Crippen molar-refractivity contribution in [1.29, 1.82) is 0 Å². The van der Waals surface area contributed by atoms with Crippen LogP contribution < -0.4 is 16.4 Å². The molecule has 5 nitrogen and oxygen atoms in total. The number of hydrogen-bond donors (Lipinski definition) is 3. The summed E-state index contributed by atoms with van der Waals surface area (Å²) >= 11 is 0. The van der Waals surface area contributed by atoms with Crippen molar-refractivity contribution in [1.82, 2.24) is 10.5 Å². The monoisotopic (exact) mass is 272 g/mol. The molecule has 0 amide bonds. The van der Waals surface area contributed by atoms with Crippen LogP contribution in [0.1, 0.15) is 17.9 Å². The first kappa shape index (κ1) is 13.0. The second kappa shape index (κ2) is 5.17. The van der Waals surface area contributed by atoms with Crippen molar-refractivity contribution in [3.8, 4) is 11.1 Å². The summed E-state index contributed by atoms with van der Waals surface area (Å²) < 4.78 is 5.21. The predicted molar refractivity (Wildman–Crippen MR) is 80.7 cm³/mol. The summed E-state index contributed by atoms with van der Waals surface area (Å²) in [5, 5.41) is 10.8. The van der Waals surface area contributed by atoms with Crippen molar-refractivity contribution in [2.24, 2.45) is 0 Å². The maximum absolute atomic E-state index is 6.17. The number of aromatic nitrogens is 1. The van der Waals surface area contributed by atoms with E-state index in [0.29, 0.717) is 6.04 Å². The molecule has 106 valence electrons. The summed E-state index contributed by atoms with van der Waals surface area (Å²) in [4.78, 5) is 0. The fourth-order valence-electron chi connectivity index (χ4n) is 2.74. The summed E-state index contributed by atoms with van der Waals surface area (Å²) in [5.74, 6) is 0.822. The number of nitrogen functional groups attached to an aromatic ring is 1. The quantitative estimate of drug-likeness (QED) is 0.748. The lowest BCUT2D eigenvalue weighted by atomic mass is 10.0. The Labute approximate surface area is 118 Å². The molecule has 0 aliphatic carbocycles. The van der Waals surface area contributed by atoms with Crippen molar-refractivity contribution in [2.45, 2.75) is 26.3 Å². The molecule has 1 aromatic heterocycles. The van der Waals surface area contributed by atoms with Gasteiger partial charge in [0.1, 0.15) is 5.76 Å². The van der Waals surface area contributed by atoms with Gasteiger partial charge in [-0.3, -0.25) is 0 Å². The minimum atomic E-state index is 0.460. The SMILES string of the molecule is Cc1noc(C)c1-c1ccc(NC2CCNC2)c(N)c1. The number of nitrogens with one attached hydrogen (secondary N) is 2. The van der Waals surface area contributed by atoms with Crippen molar-refractivity contribution in [3.05, 3.63) is 29.7 Å². The van der Waals surface area contributed by atoms with Crippen LogP contribution >= 0.6 is 0 Å². The maximum Gasteiger partial charge on any atom is 0.141 e. The van der Waals surface area contributed by atoms with E-state index >= 15 is 0 Å². The Morgan fingerprint density at radius 3 is 2.85 bits per heavy atom. The van der Waals surface area contributed by atoms with Gasteiger partial charge in [0.25, 0.3) is 0 Å². The van der Waals surface area contributed by atoms with Gasteiger partial charge in [-0.25, -0.2) is 0 Å². The molecule has 0 bridgehead atoms. The van der Waals surface area contributed by atoms with E-state index in [1.165, 1.54) is 0 Å². The van der Waals surface area contributed by atoms with E-state index in [0.717, 1.165) is 53.5 Å². The Bertz CT molecular complexity index is 595. The van der Waals surface area contributed by atoms with Gasteiger partial charge in [-0.05, 0) is 44.5 Å². The van der Waals surface area contributed by atoms with E-state index in [2.05, 4.69) is 21.9 Å². The van der Waals surface area contributed by atoms with Crippen LogP contribution in [-0.2, 0) is 0 Å². The molecule has 2 heterocycles. The minimum Gasteiger partial charge on any atom is -0.397 e. The molecule has 1 unspecified atom stereocenters. The molecular weight excluding hydrogens is 252 g/mol. The number of hydrogen-bond acceptors (Lipinski definition) is 5. The lowest BCUT2D eigenvalue weighted by Crippen LogP contribution is -2.22. The number of aryl methyl sites for hydroxylation is 2. The molecule has 2 aromatic rings. The van der Waals surface area contributed by atoms with Crippen LogP contribution in [0.25, 0.3) is 11.1 Å². The number of benzene rings is 1. The molecule has 0 spiro atoms. The third kappa shape index (κ3) is 2.36. The third-order valence-electron chi connectivity index (χ3n) is 3.79. The molecule has 20 heavy (non-hydrogen) atoms. The van der Waals surface area contributed by atoms with E-state index in [4.69, 9.17) is 10.3 Å². The first-order valence-electron chi connectivity index (χ1n) is 6.95. The van der Waals surface area contributed by atoms with Crippen LogP contribution in [0.2, 0.25) is 0 Å². The number of anilines is 2. The summed E-state index contributed by atoms with van der Waals surface area (Å²) in [6.07, 6.45) is 1.13. The highest BCUT2D eigenvalue weighted by atomic mass is 16.5. The van der Waals surface area contributed by atoms with E-state index < -0.39 is 0 Å². The Kier molecular flexibility index (Phi) is 3.36. The van der Waals surface area contributed by atoms with E-state index in [9.17, 15) is 0 Å². The molecule has 0 radical (unpaired) electrons.